The molecule has 0 spiro atoms. The number of rotatable bonds is 7. The van der Waals surface area contributed by atoms with Crippen LogP contribution >= 0.6 is 11.3 Å². The number of thiazole rings is 1. The summed E-state index contributed by atoms with van der Waals surface area (Å²) in [5, 5.41) is 16.1. The molecule has 10 heteroatoms. The summed E-state index contributed by atoms with van der Waals surface area (Å²) in [4.78, 5) is 41.2. The number of likely N-dealkylation sites (tertiary alicyclic amines) is 1. The predicted molar refractivity (Wildman–Crippen MR) is 143 cm³/mol. The molecule has 1 saturated carbocycles. The Morgan fingerprint density at radius 3 is 2.73 bits per heavy atom. The zero-order valence-electron chi connectivity index (χ0n) is 20.9. The van der Waals surface area contributed by atoms with Crippen LogP contribution in [0.15, 0.2) is 42.7 Å². The maximum absolute atomic E-state index is 13.0. The van der Waals surface area contributed by atoms with Gasteiger partial charge in [-0.05, 0) is 68.9 Å². The van der Waals surface area contributed by atoms with Crippen LogP contribution in [0.5, 0.6) is 0 Å². The van der Waals surface area contributed by atoms with Gasteiger partial charge in [0.05, 0.1) is 15.6 Å². The van der Waals surface area contributed by atoms with Crippen LogP contribution in [0.4, 0.5) is 11.6 Å². The van der Waals surface area contributed by atoms with E-state index in [0.29, 0.717) is 19.0 Å². The molecule has 3 aromatic heterocycles. The van der Waals surface area contributed by atoms with E-state index in [1.54, 1.807) is 17.5 Å². The van der Waals surface area contributed by atoms with E-state index in [4.69, 9.17) is 15.1 Å². The van der Waals surface area contributed by atoms with Crippen LogP contribution in [0.25, 0.3) is 10.6 Å². The molecule has 5 rings (SSSR count). The molecule has 1 aliphatic carbocycles. The second kappa shape index (κ2) is 11.4. The van der Waals surface area contributed by atoms with Crippen molar-refractivity contribution in [1.82, 2.24) is 25.2 Å². The van der Waals surface area contributed by atoms with Crippen LogP contribution in [-0.4, -0.2) is 62.5 Å². The first-order valence-electron chi connectivity index (χ1n) is 12.8. The minimum Gasteiger partial charge on any atom is -0.387 e. The zero-order valence-corrected chi connectivity index (χ0v) is 21.7. The molecule has 2 amide bonds. The van der Waals surface area contributed by atoms with E-state index in [9.17, 15) is 9.59 Å². The highest BCUT2D eigenvalue weighted by molar-refractivity contribution is 7.15. The third-order valence-electron chi connectivity index (χ3n) is 7.13. The third kappa shape index (κ3) is 6.14. The minimum atomic E-state index is -0.518. The van der Waals surface area contributed by atoms with E-state index in [1.807, 2.05) is 48.4 Å². The molecule has 2 aliphatic rings. The number of carbonyl (C=O) groups is 2. The number of hydrogen-bond acceptors (Lipinski definition) is 8. The highest BCUT2D eigenvalue weighted by atomic mass is 32.1. The highest BCUT2D eigenvalue weighted by Crippen LogP contribution is 2.40. The summed E-state index contributed by atoms with van der Waals surface area (Å²) in [6.07, 6.45) is 8.00. The van der Waals surface area contributed by atoms with Crippen molar-refractivity contribution < 1.29 is 14.7 Å². The van der Waals surface area contributed by atoms with Crippen LogP contribution < -0.4 is 10.6 Å². The Morgan fingerprint density at radius 2 is 1.95 bits per heavy atom. The van der Waals surface area contributed by atoms with Crippen molar-refractivity contribution in [2.24, 2.45) is 5.92 Å². The lowest BCUT2D eigenvalue weighted by molar-refractivity contribution is -0.136. The molecule has 3 N–H and O–H groups in total. The number of aryl methyl sites for hydroxylation is 1. The molecular formula is C27H32N6O3S. The normalized spacial score (nSPS) is 21.6. The Hall–Kier alpha value is -3.37. The Kier molecular flexibility index (Phi) is 7.76. The van der Waals surface area contributed by atoms with E-state index in [-0.39, 0.29) is 23.8 Å². The number of aromatic nitrogens is 3. The topological polar surface area (TPSA) is 120 Å². The Balaban J connectivity index is 1.16. The van der Waals surface area contributed by atoms with Crippen LogP contribution in [0, 0.1) is 12.8 Å². The van der Waals surface area contributed by atoms with Gasteiger partial charge in [-0.3, -0.25) is 9.59 Å². The number of anilines is 2. The summed E-state index contributed by atoms with van der Waals surface area (Å²) in [6.45, 7) is 2.70. The quantitative estimate of drug-likeness (QED) is 0.435. The standard InChI is InChI=1S/C27H32N6O3S/c1-17-9-11-28-24(13-17)32-23-4-2-3-21(31-23)22-14-29-26(37-22)18-5-7-19(8-6-18)27(36)33-12-10-20(15-33)30-25(35)16-34/h2-4,9,11,13-14,18-20,34H,5-8,10,12,15-16H2,1H3,(H,30,35)(H,28,31,32). The van der Waals surface area contributed by atoms with Gasteiger partial charge in [0, 0.05) is 43.4 Å². The Labute approximate surface area is 220 Å². The zero-order chi connectivity index (χ0) is 25.8. The second-order valence-corrected chi connectivity index (χ2v) is 10.9. The third-order valence-corrected chi connectivity index (χ3v) is 8.31. The first kappa shape index (κ1) is 25.3. The SMILES string of the molecule is Cc1ccnc(Nc2cccc(-c3cnc(C4CCC(C(=O)N5CCC(NC(=O)CO)C5)CC4)s3)n2)c1. The van der Waals surface area contributed by atoms with Crippen LogP contribution in [0.1, 0.15) is 48.6 Å². The van der Waals surface area contributed by atoms with Gasteiger partial charge in [0.2, 0.25) is 11.8 Å². The van der Waals surface area contributed by atoms with Crippen molar-refractivity contribution >= 4 is 34.8 Å². The number of carbonyl (C=O) groups excluding carboxylic acids is 2. The molecule has 1 unspecified atom stereocenters. The fourth-order valence-electron chi connectivity index (χ4n) is 5.17. The van der Waals surface area contributed by atoms with E-state index >= 15 is 0 Å². The summed E-state index contributed by atoms with van der Waals surface area (Å²) in [5.41, 5.74) is 2.01. The molecule has 0 radical (unpaired) electrons. The molecule has 4 heterocycles. The monoisotopic (exact) mass is 520 g/mol. The van der Waals surface area contributed by atoms with Gasteiger partial charge in [0.1, 0.15) is 18.2 Å². The largest absolute Gasteiger partial charge is 0.387 e. The van der Waals surface area contributed by atoms with Gasteiger partial charge in [-0.1, -0.05) is 6.07 Å². The van der Waals surface area contributed by atoms with Crippen molar-refractivity contribution in [3.8, 4) is 10.6 Å². The van der Waals surface area contributed by atoms with E-state index in [0.717, 1.165) is 64.9 Å². The van der Waals surface area contributed by atoms with Crippen molar-refractivity contribution in [2.75, 3.05) is 25.0 Å². The number of hydrogen-bond donors (Lipinski definition) is 3. The summed E-state index contributed by atoms with van der Waals surface area (Å²) in [7, 11) is 0. The van der Waals surface area contributed by atoms with Gasteiger partial charge < -0.3 is 20.6 Å². The molecular weight excluding hydrogens is 488 g/mol. The smallest absolute Gasteiger partial charge is 0.245 e. The molecule has 0 bridgehead atoms. The van der Waals surface area contributed by atoms with Crippen molar-refractivity contribution in [3.05, 3.63) is 53.3 Å². The van der Waals surface area contributed by atoms with Gasteiger partial charge in [-0.2, -0.15) is 0 Å². The predicted octanol–water partition coefficient (Wildman–Crippen LogP) is 3.64. The first-order valence-corrected chi connectivity index (χ1v) is 13.6. The van der Waals surface area contributed by atoms with Crippen molar-refractivity contribution in [1.29, 1.82) is 0 Å². The molecule has 1 saturated heterocycles. The molecule has 194 valence electrons. The lowest BCUT2D eigenvalue weighted by Gasteiger charge is -2.29. The number of aliphatic hydroxyl groups excluding tert-OH is 1. The average Bonchev–Trinajstić information content (AvgIpc) is 3.59. The minimum absolute atomic E-state index is 0.0302. The molecule has 1 aliphatic heterocycles. The Morgan fingerprint density at radius 1 is 1.11 bits per heavy atom. The molecule has 9 nitrogen and oxygen atoms in total. The molecule has 37 heavy (non-hydrogen) atoms. The lowest BCUT2D eigenvalue weighted by atomic mass is 9.81. The fraction of sp³-hybridized carbons (Fsp3) is 0.444. The molecule has 0 aromatic carbocycles. The molecule has 3 aromatic rings. The summed E-state index contributed by atoms with van der Waals surface area (Å²) < 4.78 is 0. The van der Waals surface area contributed by atoms with E-state index in [2.05, 4.69) is 15.6 Å². The number of nitrogens with one attached hydrogen (secondary N) is 2. The van der Waals surface area contributed by atoms with E-state index < -0.39 is 6.61 Å². The van der Waals surface area contributed by atoms with Crippen LogP contribution in [0.2, 0.25) is 0 Å². The van der Waals surface area contributed by atoms with E-state index in [1.165, 1.54) is 0 Å². The number of nitrogens with zero attached hydrogens (tertiary/aromatic N) is 4. The molecule has 1 atom stereocenters. The van der Waals surface area contributed by atoms with Gasteiger partial charge in [-0.25, -0.2) is 15.0 Å². The second-order valence-electron chi connectivity index (χ2n) is 9.86. The summed E-state index contributed by atoms with van der Waals surface area (Å²) in [5.74, 6) is 1.70. The fourth-order valence-corrected chi connectivity index (χ4v) is 6.23. The van der Waals surface area contributed by atoms with Crippen molar-refractivity contribution in [3.63, 3.8) is 0 Å². The number of pyridine rings is 2. The average molecular weight is 521 g/mol. The first-order chi connectivity index (χ1) is 18.0. The van der Waals surface area contributed by atoms with Gasteiger partial charge >= 0.3 is 0 Å². The summed E-state index contributed by atoms with van der Waals surface area (Å²) >= 11 is 1.68. The number of amides is 2. The van der Waals surface area contributed by atoms with Gasteiger partial charge in [-0.15, -0.1) is 11.3 Å². The highest BCUT2D eigenvalue weighted by Gasteiger charge is 2.34. The van der Waals surface area contributed by atoms with Crippen LogP contribution in [-0.2, 0) is 9.59 Å². The Bertz CT molecular complexity index is 1260. The van der Waals surface area contributed by atoms with Crippen LogP contribution in [0.3, 0.4) is 0 Å². The summed E-state index contributed by atoms with van der Waals surface area (Å²) in [6, 6.07) is 9.78. The number of aliphatic hydroxyl groups is 1. The maximum Gasteiger partial charge on any atom is 0.245 e. The lowest BCUT2D eigenvalue weighted by Crippen LogP contribution is -2.41. The van der Waals surface area contributed by atoms with Gasteiger partial charge in [0.25, 0.3) is 0 Å². The van der Waals surface area contributed by atoms with Gasteiger partial charge in [0.15, 0.2) is 0 Å². The van der Waals surface area contributed by atoms with Crippen molar-refractivity contribution in [2.45, 2.75) is 51.0 Å². The molecule has 2 fully saturated rings. The maximum atomic E-state index is 13.0.